The Kier molecular flexibility index (Phi) is 6.75. The quantitative estimate of drug-likeness (QED) is 0.505. The highest BCUT2D eigenvalue weighted by Gasteiger charge is 2.22. The molecule has 1 aromatic rings. The van der Waals surface area contributed by atoms with Gasteiger partial charge in [0.15, 0.2) is 0 Å². The predicted octanol–water partition coefficient (Wildman–Crippen LogP) is 0.102. The van der Waals surface area contributed by atoms with Crippen molar-refractivity contribution in [3.63, 3.8) is 0 Å². The third kappa shape index (κ3) is 4.95. The number of methoxy groups -OCH3 is 1. The van der Waals surface area contributed by atoms with Crippen LogP contribution in [0.1, 0.15) is 17.3 Å². The zero-order valence-corrected chi connectivity index (χ0v) is 13.2. The minimum Gasteiger partial charge on any atom is -0.478 e. The van der Waals surface area contributed by atoms with Gasteiger partial charge in [0.1, 0.15) is 4.90 Å². The molecule has 0 spiro atoms. The summed E-state index contributed by atoms with van der Waals surface area (Å²) in [6.07, 6.45) is 0. The van der Waals surface area contributed by atoms with Crippen LogP contribution in [0.4, 0.5) is 5.69 Å². The number of hydrogen-bond donors (Lipinski definition) is 4. The highest BCUT2D eigenvalue weighted by molar-refractivity contribution is 7.89. The number of aliphatic hydroxyl groups excluding tert-OH is 1. The Morgan fingerprint density at radius 2 is 2.09 bits per heavy atom. The lowest BCUT2D eigenvalue weighted by Gasteiger charge is -2.17. The summed E-state index contributed by atoms with van der Waals surface area (Å²) < 4.78 is 32.1. The molecule has 0 saturated heterocycles. The number of aromatic carboxylic acids is 1. The van der Waals surface area contributed by atoms with E-state index in [1.165, 1.54) is 19.2 Å². The third-order valence-corrected chi connectivity index (χ3v) is 4.35. The molecule has 0 aliphatic carbocycles. The number of aliphatic hydroxyl groups is 1. The lowest BCUT2D eigenvalue weighted by Crippen LogP contribution is -2.36. The van der Waals surface area contributed by atoms with E-state index >= 15 is 0 Å². The largest absolute Gasteiger partial charge is 0.478 e. The monoisotopic (exact) mass is 332 g/mol. The van der Waals surface area contributed by atoms with Gasteiger partial charge in [-0.25, -0.2) is 17.9 Å². The Hall–Kier alpha value is -1.68. The van der Waals surface area contributed by atoms with Crippen molar-refractivity contribution in [3.8, 4) is 0 Å². The summed E-state index contributed by atoms with van der Waals surface area (Å²) in [4.78, 5) is 10.8. The maximum Gasteiger partial charge on any atom is 0.335 e. The number of carboxylic acids is 1. The van der Waals surface area contributed by atoms with E-state index in [2.05, 4.69) is 10.0 Å². The predicted molar refractivity (Wildman–Crippen MR) is 80.6 cm³/mol. The molecule has 0 unspecified atom stereocenters. The summed E-state index contributed by atoms with van der Waals surface area (Å²) >= 11 is 0. The number of carbonyl (C=O) groups is 1. The zero-order valence-electron chi connectivity index (χ0n) is 12.4. The van der Waals surface area contributed by atoms with Gasteiger partial charge >= 0.3 is 5.97 Å². The van der Waals surface area contributed by atoms with Gasteiger partial charge in [0.2, 0.25) is 10.0 Å². The van der Waals surface area contributed by atoms with Crippen LogP contribution in [0.15, 0.2) is 23.1 Å². The van der Waals surface area contributed by atoms with Crippen LogP contribution in [-0.4, -0.2) is 57.5 Å². The highest BCUT2D eigenvalue weighted by atomic mass is 32.2. The number of hydrogen-bond acceptors (Lipinski definition) is 6. The first kappa shape index (κ1) is 18.4. The minimum atomic E-state index is -3.94. The van der Waals surface area contributed by atoms with Crippen LogP contribution in [0.25, 0.3) is 0 Å². The molecule has 22 heavy (non-hydrogen) atoms. The molecule has 0 aliphatic rings. The van der Waals surface area contributed by atoms with Crippen LogP contribution in [0, 0.1) is 0 Å². The first-order valence-electron chi connectivity index (χ1n) is 6.55. The number of ether oxygens (including phenoxy) is 1. The molecular formula is C13H20N2O6S. The van der Waals surface area contributed by atoms with E-state index in [4.69, 9.17) is 14.9 Å². The van der Waals surface area contributed by atoms with Crippen LogP contribution >= 0.6 is 0 Å². The average Bonchev–Trinajstić information content (AvgIpc) is 2.44. The lowest BCUT2D eigenvalue weighted by atomic mass is 10.2. The van der Waals surface area contributed by atoms with Crippen molar-refractivity contribution in [1.29, 1.82) is 0 Å². The summed E-state index contributed by atoms with van der Waals surface area (Å²) in [6.45, 7) is 1.76. The molecule has 9 heteroatoms. The summed E-state index contributed by atoms with van der Waals surface area (Å²) in [7, 11) is -2.49. The topological polar surface area (TPSA) is 125 Å². The summed E-state index contributed by atoms with van der Waals surface area (Å²) in [5.41, 5.74) is 0.0745. The van der Waals surface area contributed by atoms with E-state index in [1.54, 1.807) is 6.92 Å². The lowest BCUT2D eigenvalue weighted by molar-refractivity contribution is 0.0696. The number of rotatable bonds is 9. The Bertz CT molecular complexity index is 617. The van der Waals surface area contributed by atoms with Gasteiger partial charge in [0.25, 0.3) is 0 Å². The van der Waals surface area contributed by atoms with Crippen LogP contribution in [0.3, 0.4) is 0 Å². The molecule has 1 aromatic carbocycles. The Balaban J connectivity index is 3.21. The molecule has 0 amide bonds. The molecular weight excluding hydrogens is 312 g/mol. The standard InChI is InChI=1S/C13H20N2O6S/c1-9(8-21-2)15-22(19,20)12-7-10(13(17)18)3-4-11(12)14-5-6-16/h3-4,7,9,14-16H,5-6,8H2,1-2H3,(H,17,18)/t9-/m1/s1. The molecule has 8 nitrogen and oxygen atoms in total. The van der Waals surface area contributed by atoms with Gasteiger partial charge < -0.3 is 20.3 Å². The van der Waals surface area contributed by atoms with Gasteiger partial charge in [-0.1, -0.05) is 0 Å². The van der Waals surface area contributed by atoms with Crippen molar-refractivity contribution < 1.29 is 28.2 Å². The molecule has 0 heterocycles. The van der Waals surface area contributed by atoms with Crippen LogP contribution < -0.4 is 10.0 Å². The van der Waals surface area contributed by atoms with Crippen LogP contribution in [0.5, 0.6) is 0 Å². The summed E-state index contributed by atoms with van der Waals surface area (Å²) in [6, 6.07) is 3.24. The van der Waals surface area contributed by atoms with E-state index in [9.17, 15) is 13.2 Å². The number of carboxylic acid groups (broad SMARTS) is 1. The van der Waals surface area contributed by atoms with Gasteiger partial charge in [-0.15, -0.1) is 0 Å². The maximum absolute atomic E-state index is 12.4. The van der Waals surface area contributed by atoms with Crippen molar-refractivity contribution in [2.45, 2.75) is 17.9 Å². The van der Waals surface area contributed by atoms with Gasteiger partial charge in [-0.2, -0.15) is 0 Å². The van der Waals surface area contributed by atoms with E-state index in [-0.39, 0.29) is 35.9 Å². The smallest absolute Gasteiger partial charge is 0.335 e. The SMILES string of the molecule is COC[C@@H](C)NS(=O)(=O)c1cc(C(=O)O)ccc1NCCO. The number of nitrogens with one attached hydrogen (secondary N) is 2. The van der Waals surface area contributed by atoms with E-state index < -0.39 is 22.0 Å². The molecule has 4 N–H and O–H groups in total. The Morgan fingerprint density at radius 1 is 1.41 bits per heavy atom. The van der Waals surface area contributed by atoms with Crippen molar-refractivity contribution in [3.05, 3.63) is 23.8 Å². The summed E-state index contributed by atoms with van der Waals surface area (Å²) in [5.74, 6) is -1.23. The highest BCUT2D eigenvalue weighted by Crippen LogP contribution is 2.23. The second-order valence-corrected chi connectivity index (χ2v) is 6.33. The van der Waals surface area contributed by atoms with Gasteiger partial charge in [-0.05, 0) is 25.1 Å². The van der Waals surface area contributed by atoms with Crippen molar-refractivity contribution in [1.82, 2.24) is 4.72 Å². The number of anilines is 1. The van der Waals surface area contributed by atoms with Gasteiger partial charge in [0, 0.05) is 19.7 Å². The summed E-state index contributed by atoms with van der Waals surface area (Å²) in [5, 5.41) is 20.6. The Morgan fingerprint density at radius 3 is 2.64 bits per heavy atom. The molecule has 0 radical (unpaired) electrons. The van der Waals surface area contributed by atoms with Crippen LogP contribution in [0.2, 0.25) is 0 Å². The molecule has 1 atom stereocenters. The van der Waals surface area contributed by atoms with Crippen molar-refractivity contribution in [2.75, 3.05) is 32.2 Å². The first-order valence-corrected chi connectivity index (χ1v) is 8.03. The van der Waals surface area contributed by atoms with Crippen molar-refractivity contribution >= 4 is 21.7 Å². The first-order chi connectivity index (χ1) is 10.3. The maximum atomic E-state index is 12.4. The molecule has 0 fully saturated rings. The van der Waals surface area contributed by atoms with Crippen molar-refractivity contribution in [2.24, 2.45) is 0 Å². The normalized spacial score (nSPS) is 12.9. The zero-order chi connectivity index (χ0) is 16.8. The average molecular weight is 332 g/mol. The fraction of sp³-hybridized carbons (Fsp3) is 0.462. The molecule has 0 bridgehead atoms. The van der Waals surface area contributed by atoms with Gasteiger partial charge in [0.05, 0.1) is 24.5 Å². The third-order valence-electron chi connectivity index (χ3n) is 2.72. The second kappa shape index (κ2) is 8.08. The molecule has 0 aromatic heterocycles. The molecule has 1 rings (SSSR count). The minimum absolute atomic E-state index is 0.141. The van der Waals surface area contributed by atoms with Gasteiger partial charge in [-0.3, -0.25) is 0 Å². The van der Waals surface area contributed by atoms with E-state index in [1.807, 2.05) is 0 Å². The molecule has 0 saturated carbocycles. The van der Waals surface area contributed by atoms with E-state index in [0.29, 0.717) is 0 Å². The second-order valence-electron chi connectivity index (χ2n) is 4.64. The molecule has 0 aliphatic heterocycles. The van der Waals surface area contributed by atoms with E-state index in [0.717, 1.165) is 6.07 Å². The fourth-order valence-corrected chi connectivity index (χ4v) is 3.26. The Labute approximate surface area is 129 Å². The fourth-order valence-electron chi connectivity index (χ4n) is 1.83. The molecule has 124 valence electrons. The number of sulfonamides is 1. The number of benzene rings is 1. The van der Waals surface area contributed by atoms with Crippen LogP contribution in [-0.2, 0) is 14.8 Å².